The van der Waals surface area contributed by atoms with Gasteiger partial charge in [0, 0.05) is 31.3 Å². The first-order valence-corrected chi connectivity index (χ1v) is 14.1. The second-order valence-electron chi connectivity index (χ2n) is 10.2. The standard InChI is InChI=1S/C26H35BrN4O4S/c1-16-22(36-15-29-16)18-9-7-17(8-10-18)13-28-24(34)20-12-19(32)14-31(20)25(35)23(26(2,3)4)30-21(33)6-5-11-27/h7-10,15,19-20,23,32H,5-6,11-14H2,1-4H3,(H,28,34)(H,30,33)/t19-,20+,23-/m1/s1. The highest BCUT2D eigenvalue weighted by Crippen LogP contribution is 2.28. The lowest BCUT2D eigenvalue weighted by Gasteiger charge is -2.35. The number of halogens is 1. The first-order chi connectivity index (χ1) is 17.0. The third-order valence-electron chi connectivity index (χ3n) is 6.25. The Labute approximate surface area is 225 Å². The summed E-state index contributed by atoms with van der Waals surface area (Å²) in [5.74, 6) is -0.878. The molecule has 1 aromatic heterocycles. The summed E-state index contributed by atoms with van der Waals surface area (Å²) < 4.78 is 0. The Morgan fingerprint density at radius 3 is 2.53 bits per heavy atom. The zero-order valence-corrected chi connectivity index (χ0v) is 23.6. The number of aromatic nitrogens is 1. The lowest BCUT2D eigenvalue weighted by atomic mass is 9.85. The van der Waals surface area contributed by atoms with Crippen LogP contribution < -0.4 is 10.6 Å². The molecule has 196 valence electrons. The predicted molar refractivity (Wildman–Crippen MR) is 145 cm³/mol. The molecule has 0 unspecified atom stereocenters. The average Bonchev–Trinajstić information content (AvgIpc) is 3.44. The summed E-state index contributed by atoms with van der Waals surface area (Å²) >= 11 is 4.90. The van der Waals surface area contributed by atoms with Crippen LogP contribution in [-0.2, 0) is 20.9 Å². The SMILES string of the molecule is Cc1ncsc1-c1ccc(CNC(=O)[C@@H]2C[C@@H](O)CN2C(=O)[C@@H](NC(=O)CCCBr)C(C)(C)C)cc1. The maximum atomic E-state index is 13.5. The number of rotatable bonds is 9. The van der Waals surface area contributed by atoms with Crippen LogP contribution in [0, 0.1) is 12.3 Å². The number of aryl methyl sites for hydroxylation is 1. The van der Waals surface area contributed by atoms with Crippen molar-refractivity contribution in [2.45, 2.75) is 71.7 Å². The molecular formula is C26H35BrN4O4S. The molecule has 2 heterocycles. The zero-order valence-electron chi connectivity index (χ0n) is 21.2. The van der Waals surface area contributed by atoms with Crippen LogP contribution >= 0.6 is 27.3 Å². The monoisotopic (exact) mass is 578 g/mol. The van der Waals surface area contributed by atoms with Crippen molar-refractivity contribution < 1.29 is 19.5 Å². The van der Waals surface area contributed by atoms with E-state index in [4.69, 9.17) is 0 Å². The van der Waals surface area contributed by atoms with Crippen molar-refractivity contribution in [2.75, 3.05) is 11.9 Å². The van der Waals surface area contributed by atoms with E-state index in [0.29, 0.717) is 24.7 Å². The molecule has 1 fully saturated rings. The number of β-amino-alcohol motifs (C(OH)–C–C–N with tert-alkyl or cyclic N) is 1. The second-order valence-corrected chi connectivity index (χ2v) is 11.9. The molecule has 10 heteroatoms. The number of thiazole rings is 1. The quantitative estimate of drug-likeness (QED) is 0.395. The number of alkyl halides is 1. The number of benzene rings is 1. The van der Waals surface area contributed by atoms with Gasteiger partial charge < -0.3 is 20.6 Å². The second kappa shape index (κ2) is 12.3. The minimum Gasteiger partial charge on any atom is -0.391 e. The summed E-state index contributed by atoms with van der Waals surface area (Å²) in [4.78, 5) is 45.8. The van der Waals surface area contributed by atoms with Crippen molar-refractivity contribution in [3.05, 3.63) is 41.0 Å². The molecule has 0 spiro atoms. The molecule has 8 nitrogen and oxygen atoms in total. The van der Waals surface area contributed by atoms with Crippen molar-refractivity contribution in [3.8, 4) is 10.4 Å². The third-order valence-corrected chi connectivity index (χ3v) is 7.79. The van der Waals surface area contributed by atoms with Gasteiger partial charge in [-0.25, -0.2) is 4.98 Å². The Bertz CT molecular complexity index is 1070. The van der Waals surface area contributed by atoms with Gasteiger partial charge >= 0.3 is 0 Å². The van der Waals surface area contributed by atoms with E-state index in [1.807, 2.05) is 57.5 Å². The molecule has 3 atom stereocenters. The fourth-order valence-corrected chi connectivity index (χ4v) is 5.33. The van der Waals surface area contributed by atoms with Crippen LogP contribution in [0.4, 0.5) is 0 Å². The predicted octanol–water partition coefficient (Wildman–Crippen LogP) is 3.40. The largest absolute Gasteiger partial charge is 0.391 e. The van der Waals surface area contributed by atoms with Gasteiger partial charge in [0.15, 0.2) is 0 Å². The van der Waals surface area contributed by atoms with Crippen molar-refractivity contribution >= 4 is 45.0 Å². The maximum absolute atomic E-state index is 13.5. The summed E-state index contributed by atoms with van der Waals surface area (Å²) in [6.07, 6.45) is 0.334. The first-order valence-electron chi connectivity index (χ1n) is 12.1. The summed E-state index contributed by atoms with van der Waals surface area (Å²) in [6.45, 7) is 7.96. The third kappa shape index (κ3) is 7.14. The number of hydrogen-bond donors (Lipinski definition) is 3. The van der Waals surface area contributed by atoms with Gasteiger partial charge in [-0.1, -0.05) is 61.0 Å². The molecule has 1 aromatic carbocycles. The highest BCUT2D eigenvalue weighted by atomic mass is 79.9. The van der Waals surface area contributed by atoms with Crippen LogP contribution in [0.15, 0.2) is 29.8 Å². The van der Waals surface area contributed by atoms with Crippen LogP contribution in [-0.4, -0.2) is 62.8 Å². The van der Waals surface area contributed by atoms with Gasteiger partial charge in [0.25, 0.3) is 0 Å². The fraction of sp³-hybridized carbons (Fsp3) is 0.538. The van der Waals surface area contributed by atoms with E-state index < -0.39 is 23.6 Å². The van der Waals surface area contributed by atoms with Crippen LogP contribution in [0.1, 0.15) is 51.3 Å². The van der Waals surface area contributed by atoms with Crippen LogP contribution in [0.2, 0.25) is 0 Å². The molecule has 3 amide bonds. The summed E-state index contributed by atoms with van der Waals surface area (Å²) in [6, 6.07) is 6.32. The Morgan fingerprint density at radius 2 is 1.94 bits per heavy atom. The van der Waals surface area contributed by atoms with Gasteiger partial charge in [-0.15, -0.1) is 11.3 Å². The van der Waals surface area contributed by atoms with Gasteiger partial charge in [-0.05, 0) is 29.9 Å². The van der Waals surface area contributed by atoms with Crippen LogP contribution in [0.5, 0.6) is 0 Å². The number of amides is 3. The molecular weight excluding hydrogens is 544 g/mol. The molecule has 2 aromatic rings. The highest BCUT2D eigenvalue weighted by Gasteiger charge is 2.44. The minimum absolute atomic E-state index is 0.0592. The Kier molecular flexibility index (Phi) is 9.66. The summed E-state index contributed by atoms with van der Waals surface area (Å²) in [7, 11) is 0. The Hall–Kier alpha value is -2.30. The lowest BCUT2D eigenvalue weighted by Crippen LogP contribution is -2.57. The van der Waals surface area contributed by atoms with E-state index in [2.05, 4.69) is 31.5 Å². The molecule has 0 saturated carbocycles. The summed E-state index contributed by atoms with van der Waals surface area (Å²) in [5, 5.41) is 16.8. The highest BCUT2D eigenvalue weighted by molar-refractivity contribution is 9.09. The van der Waals surface area contributed by atoms with Gasteiger partial charge in [0.05, 0.1) is 22.2 Å². The van der Waals surface area contributed by atoms with Gasteiger partial charge in [0.1, 0.15) is 12.1 Å². The van der Waals surface area contributed by atoms with Gasteiger partial charge in [-0.3, -0.25) is 14.4 Å². The molecule has 1 aliphatic heterocycles. The lowest BCUT2D eigenvalue weighted by molar-refractivity contribution is -0.144. The van der Waals surface area contributed by atoms with E-state index in [9.17, 15) is 19.5 Å². The molecule has 1 aliphatic rings. The molecule has 0 bridgehead atoms. The zero-order chi connectivity index (χ0) is 26.5. The van der Waals surface area contributed by atoms with E-state index >= 15 is 0 Å². The fourth-order valence-electron chi connectivity index (χ4n) is 4.24. The number of nitrogens with zero attached hydrogens (tertiary/aromatic N) is 2. The number of carbonyl (C=O) groups is 3. The molecule has 36 heavy (non-hydrogen) atoms. The van der Waals surface area contributed by atoms with Crippen LogP contribution in [0.3, 0.4) is 0 Å². The normalized spacial score (nSPS) is 18.7. The van der Waals surface area contributed by atoms with Crippen molar-refractivity contribution in [1.29, 1.82) is 0 Å². The number of nitrogens with one attached hydrogen (secondary N) is 2. The van der Waals surface area contributed by atoms with Gasteiger partial charge in [-0.2, -0.15) is 0 Å². The molecule has 3 N–H and O–H groups in total. The van der Waals surface area contributed by atoms with E-state index in [-0.39, 0.29) is 30.7 Å². The van der Waals surface area contributed by atoms with E-state index in [0.717, 1.165) is 21.7 Å². The van der Waals surface area contributed by atoms with Crippen molar-refractivity contribution in [1.82, 2.24) is 20.5 Å². The van der Waals surface area contributed by atoms with Crippen molar-refractivity contribution in [2.24, 2.45) is 5.41 Å². The maximum Gasteiger partial charge on any atom is 0.246 e. The average molecular weight is 580 g/mol. The molecule has 0 radical (unpaired) electrons. The van der Waals surface area contributed by atoms with E-state index in [1.54, 1.807) is 11.3 Å². The Balaban J connectivity index is 1.66. The molecule has 0 aliphatic carbocycles. The van der Waals surface area contributed by atoms with Crippen LogP contribution in [0.25, 0.3) is 10.4 Å². The number of carbonyl (C=O) groups excluding carboxylic acids is 3. The van der Waals surface area contributed by atoms with Gasteiger partial charge in [0.2, 0.25) is 17.7 Å². The van der Waals surface area contributed by atoms with Crippen molar-refractivity contribution in [3.63, 3.8) is 0 Å². The smallest absolute Gasteiger partial charge is 0.246 e. The number of likely N-dealkylation sites (tertiary alicyclic amines) is 1. The first kappa shape index (κ1) is 28.3. The summed E-state index contributed by atoms with van der Waals surface area (Å²) in [5.41, 5.74) is 4.25. The number of hydrogen-bond acceptors (Lipinski definition) is 6. The minimum atomic E-state index is -0.802. The topological polar surface area (TPSA) is 112 Å². The number of aliphatic hydroxyl groups is 1. The number of aliphatic hydroxyl groups excluding tert-OH is 1. The Morgan fingerprint density at radius 1 is 1.25 bits per heavy atom. The molecule has 3 rings (SSSR count). The molecule has 1 saturated heterocycles. The van der Waals surface area contributed by atoms with E-state index in [1.165, 1.54) is 4.90 Å².